The first-order valence-corrected chi connectivity index (χ1v) is 4.93. The van der Waals surface area contributed by atoms with Crippen molar-refractivity contribution in [2.24, 2.45) is 0 Å². The first-order valence-electron chi connectivity index (χ1n) is 3.81. The quantitative estimate of drug-likeness (QED) is 0.525. The fraction of sp³-hybridized carbons (Fsp3) is 0.778. The molecule has 66 valence electrons. The average molecular weight is 221 g/mol. The molecule has 0 aliphatic heterocycles. The van der Waals surface area contributed by atoms with Crippen molar-refractivity contribution in [3.8, 4) is 0 Å². The predicted octanol–water partition coefficient (Wildman–Crippen LogP) is 3.14. The van der Waals surface area contributed by atoms with Crippen LogP contribution in [0, 0.1) is 0 Å². The Morgan fingerprint density at radius 2 is 2.00 bits per heavy atom. The lowest BCUT2D eigenvalue weighted by Crippen LogP contribution is -2.20. The second-order valence-electron chi connectivity index (χ2n) is 3.61. The van der Waals surface area contributed by atoms with E-state index in [4.69, 9.17) is 4.74 Å². The molecule has 0 N–H and O–H groups in total. The van der Waals surface area contributed by atoms with E-state index in [0.717, 1.165) is 11.9 Å². The minimum atomic E-state index is -0.0264. The Labute approximate surface area is 78.0 Å². The topological polar surface area (TPSA) is 9.23 Å². The molecule has 0 radical (unpaired) electrons. The Balaban J connectivity index is 3.62. The molecule has 0 bridgehead atoms. The standard InChI is InChI=1S/C9H17BrO/c1-8(5-6-10)7-11-9(2,3)4/h5H,6-7H2,1-4H3/b8-5+. The molecule has 0 saturated heterocycles. The summed E-state index contributed by atoms with van der Waals surface area (Å²) >= 11 is 3.34. The van der Waals surface area contributed by atoms with Gasteiger partial charge in [-0.3, -0.25) is 0 Å². The molecule has 0 fully saturated rings. The van der Waals surface area contributed by atoms with Crippen molar-refractivity contribution in [2.75, 3.05) is 11.9 Å². The van der Waals surface area contributed by atoms with Crippen molar-refractivity contribution < 1.29 is 4.74 Å². The largest absolute Gasteiger partial charge is 0.372 e. The van der Waals surface area contributed by atoms with Gasteiger partial charge in [-0.1, -0.05) is 27.6 Å². The second-order valence-corrected chi connectivity index (χ2v) is 4.25. The lowest BCUT2D eigenvalue weighted by Gasteiger charge is -2.19. The lowest BCUT2D eigenvalue weighted by molar-refractivity contribution is 0.0111. The van der Waals surface area contributed by atoms with E-state index in [0.29, 0.717) is 0 Å². The van der Waals surface area contributed by atoms with Crippen molar-refractivity contribution in [3.63, 3.8) is 0 Å². The highest BCUT2D eigenvalue weighted by Crippen LogP contribution is 2.08. The molecular formula is C9H17BrO. The monoisotopic (exact) mass is 220 g/mol. The lowest BCUT2D eigenvalue weighted by atomic mass is 10.2. The van der Waals surface area contributed by atoms with Crippen molar-refractivity contribution in [3.05, 3.63) is 11.6 Å². The van der Waals surface area contributed by atoms with E-state index in [1.807, 2.05) is 0 Å². The van der Waals surface area contributed by atoms with E-state index in [1.54, 1.807) is 0 Å². The van der Waals surface area contributed by atoms with Gasteiger partial charge in [-0.15, -0.1) is 0 Å². The summed E-state index contributed by atoms with van der Waals surface area (Å²) in [6, 6.07) is 0. The number of halogens is 1. The van der Waals surface area contributed by atoms with Gasteiger partial charge in [0.2, 0.25) is 0 Å². The molecule has 0 aliphatic rings. The number of hydrogen-bond donors (Lipinski definition) is 0. The summed E-state index contributed by atoms with van der Waals surface area (Å²) in [7, 11) is 0. The van der Waals surface area contributed by atoms with Crippen LogP contribution in [0.2, 0.25) is 0 Å². The molecule has 0 aromatic rings. The van der Waals surface area contributed by atoms with Crippen LogP contribution in [0.15, 0.2) is 11.6 Å². The van der Waals surface area contributed by atoms with Crippen LogP contribution in [0.25, 0.3) is 0 Å². The molecule has 0 rings (SSSR count). The molecule has 0 aromatic heterocycles. The third-order valence-electron chi connectivity index (χ3n) is 1.16. The van der Waals surface area contributed by atoms with Crippen LogP contribution in [0.5, 0.6) is 0 Å². The highest BCUT2D eigenvalue weighted by Gasteiger charge is 2.08. The summed E-state index contributed by atoms with van der Waals surface area (Å²) in [5.74, 6) is 0. The van der Waals surface area contributed by atoms with E-state index in [-0.39, 0.29) is 5.60 Å². The van der Waals surface area contributed by atoms with Gasteiger partial charge >= 0.3 is 0 Å². The van der Waals surface area contributed by atoms with Crippen LogP contribution in [-0.4, -0.2) is 17.5 Å². The van der Waals surface area contributed by atoms with Gasteiger partial charge in [0.1, 0.15) is 0 Å². The van der Waals surface area contributed by atoms with E-state index >= 15 is 0 Å². The fourth-order valence-electron chi connectivity index (χ4n) is 0.521. The molecule has 0 aliphatic carbocycles. The molecule has 0 amide bonds. The fourth-order valence-corrected chi connectivity index (χ4v) is 1.07. The number of alkyl halides is 1. The molecule has 0 saturated carbocycles. The van der Waals surface area contributed by atoms with Crippen LogP contribution >= 0.6 is 15.9 Å². The first-order chi connectivity index (χ1) is 4.95. The Kier molecular flexibility index (Phi) is 5.02. The summed E-state index contributed by atoms with van der Waals surface area (Å²) < 4.78 is 5.55. The van der Waals surface area contributed by atoms with E-state index in [9.17, 15) is 0 Å². The Hall–Kier alpha value is 0.180. The normalized spacial score (nSPS) is 13.7. The third kappa shape index (κ3) is 8.08. The van der Waals surface area contributed by atoms with Gasteiger partial charge in [-0.2, -0.15) is 0 Å². The highest BCUT2D eigenvalue weighted by atomic mass is 79.9. The van der Waals surface area contributed by atoms with E-state index in [1.165, 1.54) is 5.57 Å². The molecule has 1 nitrogen and oxygen atoms in total. The molecule has 0 heterocycles. The van der Waals surface area contributed by atoms with Crippen LogP contribution < -0.4 is 0 Å². The molecule has 2 heteroatoms. The molecule has 11 heavy (non-hydrogen) atoms. The summed E-state index contributed by atoms with van der Waals surface area (Å²) in [6.45, 7) is 9.00. The summed E-state index contributed by atoms with van der Waals surface area (Å²) in [6.07, 6.45) is 2.12. The second kappa shape index (κ2) is 4.94. The number of hydrogen-bond acceptors (Lipinski definition) is 1. The minimum Gasteiger partial charge on any atom is -0.372 e. The maximum Gasteiger partial charge on any atom is 0.0681 e. The first kappa shape index (κ1) is 11.2. The zero-order valence-electron chi connectivity index (χ0n) is 7.78. The zero-order valence-corrected chi connectivity index (χ0v) is 9.36. The Bertz CT molecular complexity index is 133. The van der Waals surface area contributed by atoms with Crippen molar-refractivity contribution >= 4 is 15.9 Å². The van der Waals surface area contributed by atoms with E-state index in [2.05, 4.69) is 49.7 Å². The van der Waals surface area contributed by atoms with Gasteiger partial charge in [0, 0.05) is 5.33 Å². The summed E-state index contributed by atoms with van der Waals surface area (Å²) in [5.41, 5.74) is 1.25. The molecule has 0 unspecified atom stereocenters. The Morgan fingerprint density at radius 1 is 1.45 bits per heavy atom. The number of ether oxygens (including phenoxy) is 1. The van der Waals surface area contributed by atoms with Gasteiger partial charge in [0.25, 0.3) is 0 Å². The van der Waals surface area contributed by atoms with Crippen LogP contribution in [0.4, 0.5) is 0 Å². The molecule has 0 atom stereocenters. The van der Waals surface area contributed by atoms with Gasteiger partial charge in [0.15, 0.2) is 0 Å². The van der Waals surface area contributed by atoms with Gasteiger partial charge in [-0.05, 0) is 27.7 Å². The predicted molar refractivity (Wildman–Crippen MR) is 53.3 cm³/mol. The number of allylic oxidation sites excluding steroid dienone is 1. The SMILES string of the molecule is C/C(=C\CBr)COC(C)(C)C. The maximum atomic E-state index is 5.55. The molecule has 0 spiro atoms. The van der Waals surface area contributed by atoms with Crippen molar-refractivity contribution in [2.45, 2.75) is 33.3 Å². The van der Waals surface area contributed by atoms with Crippen LogP contribution in [0.3, 0.4) is 0 Å². The van der Waals surface area contributed by atoms with Gasteiger partial charge < -0.3 is 4.74 Å². The minimum absolute atomic E-state index is 0.0264. The van der Waals surface area contributed by atoms with Crippen LogP contribution in [0.1, 0.15) is 27.7 Å². The summed E-state index contributed by atoms with van der Waals surface area (Å²) in [4.78, 5) is 0. The Morgan fingerprint density at radius 3 is 2.36 bits per heavy atom. The van der Waals surface area contributed by atoms with Gasteiger partial charge in [0.05, 0.1) is 12.2 Å². The highest BCUT2D eigenvalue weighted by molar-refractivity contribution is 9.09. The molecular weight excluding hydrogens is 204 g/mol. The summed E-state index contributed by atoms with van der Waals surface area (Å²) in [5, 5.41) is 0.909. The van der Waals surface area contributed by atoms with E-state index < -0.39 is 0 Å². The van der Waals surface area contributed by atoms with Crippen LogP contribution in [-0.2, 0) is 4.74 Å². The van der Waals surface area contributed by atoms with Crippen molar-refractivity contribution in [1.82, 2.24) is 0 Å². The number of rotatable bonds is 3. The maximum absolute atomic E-state index is 5.55. The zero-order chi connectivity index (χ0) is 8.91. The molecule has 0 aromatic carbocycles. The average Bonchev–Trinajstić information content (AvgIpc) is 1.83. The van der Waals surface area contributed by atoms with Crippen molar-refractivity contribution in [1.29, 1.82) is 0 Å². The third-order valence-corrected chi connectivity index (χ3v) is 1.48. The smallest absolute Gasteiger partial charge is 0.0681 e. The van der Waals surface area contributed by atoms with Gasteiger partial charge in [-0.25, -0.2) is 0 Å².